The van der Waals surface area contributed by atoms with Crippen LogP contribution in [-0.4, -0.2) is 46.0 Å². The Morgan fingerprint density at radius 2 is 1.89 bits per heavy atom. The molecule has 2 aromatic carbocycles. The van der Waals surface area contributed by atoms with Gasteiger partial charge in [-0.25, -0.2) is 8.42 Å². The van der Waals surface area contributed by atoms with E-state index in [1.165, 1.54) is 5.69 Å². The normalized spacial score (nSPS) is 18.2. The number of nitrogens with one attached hydrogen (secondary N) is 1. The minimum atomic E-state index is -3.57. The first kappa shape index (κ1) is 18.3. The molecule has 0 unspecified atom stereocenters. The molecule has 0 aliphatic carbocycles. The third-order valence-corrected chi connectivity index (χ3v) is 7.08. The fourth-order valence-corrected chi connectivity index (χ4v) is 5.26. The lowest BCUT2D eigenvalue weighted by atomic mass is 10.1. The van der Waals surface area contributed by atoms with Crippen molar-refractivity contribution in [1.29, 1.82) is 0 Å². The second-order valence-corrected chi connectivity index (χ2v) is 8.90. The molecule has 2 aliphatic heterocycles. The van der Waals surface area contributed by atoms with Crippen molar-refractivity contribution >= 4 is 15.7 Å². The average molecular weight is 388 g/mol. The van der Waals surface area contributed by atoms with Gasteiger partial charge in [-0.15, -0.1) is 0 Å². The summed E-state index contributed by atoms with van der Waals surface area (Å²) in [6, 6.07) is 12.9. The average Bonchev–Trinajstić information content (AvgIpc) is 2.97. The zero-order valence-electron chi connectivity index (χ0n) is 15.5. The number of sulfonamides is 1. The Morgan fingerprint density at radius 1 is 1.04 bits per heavy atom. The predicted octanol–water partition coefficient (Wildman–Crippen LogP) is 2.20. The summed E-state index contributed by atoms with van der Waals surface area (Å²) in [6.07, 6.45) is 1.09. The van der Waals surface area contributed by atoms with Gasteiger partial charge in [0, 0.05) is 44.5 Å². The summed E-state index contributed by atoms with van der Waals surface area (Å²) in [7, 11) is -2.03. The van der Waals surface area contributed by atoms with Crippen molar-refractivity contribution in [1.82, 2.24) is 9.62 Å². The number of anilines is 1. The number of benzene rings is 2. The largest absolute Gasteiger partial charge is 0.497 e. The van der Waals surface area contributed by atoms with Gasteiger partial charge in [-0.3, -0.25) is 0 Å². The first-order valence-electron chi connectivity index (χ1n) is 9.30. The molecule has 27 heavy (non-hydrogen) atoms. The second-order valence-electron chi connectivity index (χ2n) is 6.96. The van der Waals surface area contributed by atoms with E-state index in [2.05, 4.69) is 16.3 Å². The molecular formula is C20H25N3O3S. The van der Waals surface area contributed by atoms with Gasteiger partial charge in [-0.2, -0.15) is 4.31 Å². The van der Waals surface area contributed by atoms with E-state index >= 15 is 0 Å². The summed E-state index contributed by atoms with van der Waals surface area (Å²) in [5.41, 5.74) is 3.39. The van der Waals surface area contributed by atoms with Gasteiger partial charge in [-0.05, 0) is 42.3 Å². The Morgan fingerprint density at radius 3 is 2.74 bits per heavy atom. The standard InChI is InChI=1S/C20H25N3O3S/c1-26-17-6-3-7-18(13-17)27(24,25)23-14-16-5-2-8-20(19(16)15-23)22-11-4-9-21-10-12-22/h2-3,5-8,13,21H,4,9-12,14-15H2,1H3. The SMILES string of the molecule is COc1cccc(S(=O)(=O)N2Cc3cccc(N4CCCNCC4)c3C2)c1. The highest BCUT2D eigenvalue weighted by molar-refractivity contribution is 7.89. The molecule has 7 heteroatoms. The summed E-state index contributed by atoms with van der Waals surface area (Å²) >= 11 is 0. The first-order chi connectivity index (χ1) is 13.1. The van der Waals surface area contributed by atoms with Crippen LogP contribution in [0.5, 0.6) is 5.75 Å². The lowest BCUT2D eigenvalue weighted by Crippen LogP contribution is -2.29. The van der Waals surface area contributed by atoms with Crippen LogP contribution in [-0.2, 0) is 23.1 Å². The molecule has 1 fully saturated rings. The number of hydrogen-bond donors (Lipinski definition) is 1. The lowest BCUT2D eigenvalue weighted by molar-refractivity contribution is 0.411. The first-order valence-corrected chi connectivity index (χ1v) is 10.7. The molecule has 4 rings (SSSR count). The van der Waals surface area contributed by atoms with E-state index < -0.39 is 10.0 Å². The zero-order chi connectivity index (χ0) is 18.9. The van der Waals surface area contributed by atoms with E-state index in [9.17, 15) is 8.42 Å². The number of methoxy groups -OCH3 is 1. The quantitative estimate of drug-likeness (QED) is 0.872. The van der Waals surface area contributed by atoms with Crippen molar-refractivity contribution in [3.8, 4) is 5.75 Å². The van der Waals surface area contributed by atoms with Crippen LogP contribution in [0, 0.1) is 0 Å². The molecule has 2 aliphatic rings. The van der Waals surface area contributed by atoms with Crippen LogP contribution in [0.15, 0.2) is 47.4 Å². The van der Waals surface area contributed by atoms with E-state index in [1.54, 1.807) is 35.7 Å². The Bertz CT molecular complexity index is 922. The second kappa shape index (κ2) is 7.50. The van der Waals surface area contributed by atoms with Gasteiger partial charge < -0.3 is 15.0 Å². The molecule has 2 aromatic rings. The third kappa shape index (κ3) is 3.54. The molecule has 0 bridgehead atoms. The maximum Gasteiger partial charge on any atom is 0.243 e. The van der Waals surface area contributed by atoms with Crippen molar-refractivity contribution in [3.63, 3.8) is 0 Å². The number of fused-ring (bicyclic) bond motifs is 1. The lowest BCUT2D eigenvalue weighted by Gasteiger charge is -2.25. The van der Waals surface area contributed by atoms with Crippen LogP contribution >= 0.6 is 0 Å². The number of rotatable bonds is 4. The van der Waals surface area contributed by atoms with Crippen molar-refractivity contribution in [2.24, 2.45) is 0 Å². The van der Waals surface area contributed by atoms with Crippen molar-refractivity contribution in [2.45, 2.75) is 24.4 Å². The van der Waals surface area contributed by atoms with E-state index in [1.807, 2.05) is 12.1 Å². The van der Waals surface area contributed by atoms with Gasteiger partial charge in [0.2, 0.25) is 10.0 Å². The molecule has 0 atom stereocenters. The molecule has 1 saturated heterocycles. The van der Waals surface area contributed by atoms with Crippen LogP contribution in [0.1, 0.15) is 17.5 Å². The number of ether oxygens (including phenoxy) is 1. The van der Waals surface area contributed by atoms with Gasteiger partial charge >= 0.3 is 0 Å². The van der Waals surface area contributed by atoms with E-state index in [0.717, 1.165) is 43.7 Å². The minimum absolute atomic E-state index is 0.273. The molecule has 0 saturated carbocycles. The van der Waals surface area contributed by atoms with Crippen LogP contribution in [0.2, 0.25) is 0 Å². The molecule has 1 N–H and O–H groups in total. The van der Waals surface area contributed by atoms with Crippen molar-refractivity contribution < 1.29 is 13.2 Å². The van der Waals surface area contributed by atoms with Gasteiger partial charge in [0.15, 0.2) is 0 Å². The summed E-state index contributed by atoms with van der Waals surface area (Å²) < 4.78 is 33.1. The highest BCUT2D eigenvalue weighted by Gasteiger charge is 2.33. The molecule has 0 spiro atoms. The Kier molecular flexibility index (Phi) is 5.08. The molecular weight excluding hydrogens is 362 g/mol. The molecule has 6 nitrogen and oxygen atoms in total. The highest BCUT2D eigenvalue weighted by Crippen LogP contribution is 2.35. The molecule has 0 aromatic heterocycles. The van der Waals surface area contributed by atoms with Crippen molar-refractivity contribution in [3.05, 3.63) is 53.6 Å². The van der Waals surface area contributed by atoms with Crippen LogP contribution in [0.4, 0.5) is 5.69 Å². The Balaban J connectivity index is 1.63. The fraction of sp³-hybridized carbons (Fsp3) is 0.400. The monoisotopic (exact) mass is 387 g/mol. The maximum absolute atomic E-state index is 13.2. The molecule has 144 valence electrons. The summed E-state index contributed by atoms with van der Waals surface area (Å²) in [5, 5.41) is 3.42. The van der Waals surface area contributed by atoms with Crippen LogP contribution in [0.3, 0.4) is 0 Å². The van der Waals surface area contributed by atoms with Crippen LogP contribution < -0.4 is 15.0 Å². The van der Waals surface area contributed by atoms with Gasteiger partial charge in [0.05, 0.1) is 12.0 Å². The highest BCUT2D eigenvalue weighted by atomic mass is 32.2. The fourth-order valence-electron chi connectivity index (χ4n) is 3.84. The predicted molar refractivity (Wildman–Crippen MR) is 106 cm³/mol. The van der Waals surface area contributed by atoms with Gasteiger partial charge in [0.25, 0.3) is 0 Å². The number of hydrogen-bond acceptors (Lipinski definition) is 5. The third-order valence-electron chi connectivity index (χ3n) is 5.29. The summed E-state index contributed by atoms with van der Waals surface area (Å²) in [4.78, 5) is 2.65. The maximum atomic E-state index is 13.2. The topological polar surface area (TPSA) is 61.9 Å². The molecule has 0 radical (unpaired) electrons. The van der Waals surface area contributed by atoms with Gasteiger partial charge in [-0.1, -0.05) is 18.2 Å². The zero-order valence-corrected chi connectivity index (χ0v) is 16.3. The minimum Gasteiger partial charge on any atom is -0.497 e. The van der Waals surface area contributed by atoms with E-state index in [4.69, 9.17) is 4.74 Å². The van der Waals surface area contributed by atoms with Crippen LogP contribution in [0.25, 0.3) is 0 Å². The summed E-state index contributed by atoms with van der Waals surface area (Å²) in [5.74, 6) is 0.547. The van der Waals surface area contributed by atoms with E-state index in [-0.39, 0.29) is 4.90 Å². The number of nitrogens with zero attached hydrogens (tertiary/aromatic N) is 2. The Labute approximate surface area is 160 Å². The molecule has 2 heterocycles. The van der Waals surface area contributed by atoms with Crippen molar-refractivity contribution in [2.75, 3.05) is 38.2 Å². The summed E-state index contributed by atoms with van der Waals surface area (Å²) in [6.45, 7) is 4.74. The molecule has 0 amide bonds. The Hall–Kier alpha value is -2.09. The van der Waals surface area contributed by atoms with E-state index in [0.29, 0.717) is 18.8 Å². The van der Waals surface area contributed by atoms with Gasteiger partial charge in [0.1, 0.15) is 5.75 Å². The smallest absolute Gasteiger partial charge is 0.243 e.